The molecule has 0 aromatic heterocycles. The maximum atomic E-state index is 12.8. The molecule has 0 aliphatic heterocycles. The van der Waals surface area contributed by atoms with Gasteiger partial charge in [-0.25, -0.2) is 0 Å². The summed E-state index contributed by atoms with van der Waals surface area (Å²) in [6.07, 6.45) is 79.9. The van der Waals surface area contributed by atoms with Crippen molar-refractivity contribution < 1.29 is 28.6 Å². The SMILES string of the molecule is CC/C=C\C/C=C\C/C=C\C/C=C\C/C=C\C/C=C\CCC(=O)OCC(COC(=O)CCCC/C=C\C/C=C\C/C=C\C/C=C\CC)OC(=O)CCCCCCCCC/C=C\C/C=C\CCCCC. The van der Waals surface area contributed by atoms with Gasteiger partial charge in [0.25, 0.3) is 0 Å². The second-order valence-electron chi connectivity index (χ2n) is 17.4. The first-order chi connectivity index (χ1) is 34.0. The molecule has 0 saturated heterocycles. The van der Waals surface area contributed by atoms with Crippen molar-refractivity contribution in [2.45, 2.75) is 219 Å². The number of ether oxygens (including phenoxy) is 3. The maximum Gasteiger partial charge on any atom is 0.306 e. The summed E-state index contributed by atoms with van der Waals surface area (Å²) in [5, 5.41) is 0. The molecule has 1 atom stereocenters. The predicted octanol–water partition coefficient (Wildman–Crippen LogP) is 18.4. The van der Waals surface area contributed by atoms with Crippen molar-refractivity contribution >= 4 is 17.9 Å². The minimum absolute atomic E-state index is 0.132. The van der Waals surface area contributed by atoms with E-state index < -0.39 is 6.10 Å². The van der Waals surface area contributed by atoms with Crippen LogP contribution >= 0.6 is 0 Å². The van der Waals surface area contributed by atoms with E-state index >= 15 is 0 Å². The molecule has 69 heavy (non-hydrogen) atoms. The standard InChI is InChI=1S/C63H98O6/c1-4-7-10-13-16-19-22-25-28-30-31-33-35-38-41-44-47-50-53-56-62(65)68-59-60(58-67-61(64)55-52-49-46-43-40-37-34-27-24-21-18-15-12-9-6-3)69-63(66)57-54-51-48-45-42-39-36-32-29-26-23-20-17-14-11-8-5-2/h7,9-10,12,16-21,25-29,31,33-34,38,40-41,43,47,50,60H,4-6,8,11,13-15,22-24,30,32,35-37,39,42,44-46,48-49,51-59H2,1-3H3/b10-7-,12-9-,19-16-,20-17-,21-18-,28-25-,29-26-,33-31-,34-27-,41-38-,43-40-,50-47-. The Morgan fingerprint density at radius 3 is 1.00 bits per heavy atom. The van der Waals surface area contributed by atoms with E-state index in [1.165, 1.54) is 44.9 Å². The molecule has 0 aromatic carbocycles. The lowest BCUT2D eigenvalue weighted by Gasteiger charge is -2.18. The summed E-state index contributed by atoms with van der Waals surface area (Å²) in [7, 11) is 0. The highest BCUT2D eigenvalue weighted by molar-refractivity contribution is 5.71. The fourth-order valence-corrected chi connectivity index (χ4v) is 6.78. The zero-order valence-electron chi connectivity index (χ0n) is 44.0. The smallest absolute Gasteiger partial charge is 0.306 e. The molecule has 0 amide bonds. The van der Waals surface area contributed by atoms with Crippen molar-refractivity contribution in [2.75, 3.05) is 13.2 Å². The largest absolute Gasteiger partial charge is 0.462 e. The second-order valence-corrected chi connectivity index (χ2v) is 17.4. The van der Waals surface area contributed by atoms with Crippen molar-refractivity contribution in [1.29, 1.82) is 0 Å². The molecular weight excluding hydrogens is 853 g/mol. The lowest BCUT2D eigenvalue weighted by molar-refractivity contribution is -0.166. The van der Waals surface area contributed by atoms with Crippen LogP contribution in [0.3, 0.4) is 0 Å². The fourth-order valence-electron chi connectivity index (χ4n) is 6.78. The zero-order chi connectivity index (χ0) is 50.0. The summed E-state index contributed by atoms with van der Waals surface area (Å²) in [6.45, 7) is 6.26. The summed E-state index contributed by atoms with van der Waals surface area (Å²) in [4.78, 5) is 38.1. The third-order valence-electron chi connectivity index (χ3n) is 10.8. The number of carbonyl (C=O) groups excluding carboxylic acids is 3. The number of rotatable bonds is 47. The molecule has 0 aromatic rings. The van der Waals surface area contributed by atoms with Gasteiger partial charge in [-0.3, -0.25) is 14.4 Å². The Hall–Kier alpha value is -4.71. The van der Waals surface area contributed by atoms with Gasteiger partial charge in [0.15, 0.2) is 6.10 Å². The van der Waals surface area contributed by atoms with Gasteiger partial charge in [0.05, 0.1) is 0 Å². The Balaban J connectivity index is 4.60. The zero-order valence-corrected chi connectivity index (χ0v) is 44.0. The highest BCUT2D eigenvalue weighted by atomic mass is 16.6. The molecule has 1 unspecified atom stereocenters. The number of hydrogen-bond donors (Lipinski definition) is 0. The summed E-state index contributed by atoms with van der Waals surface area (Å²) < 4.78 is 16.7. The first-order valence-corrected chi connectivity index (χ1v) is 27.3. The van der Waals surface area contributed by atoms with Crippen LogP contribution in [-0.2, 0) is 28.6 Å². The van der Waals surface area contributed by atoms with E-state index in [9.17, 15) is 14.4 Å². The van der Waals surface area contributed by atoms with Gasteiger partial charge in [0.2, 0.25) is 0 Å². The van der Waals surface area contributed by atoms with E-state index in [1.54, 1.807) is 0 Å². The molecule has 0 rings (SSSR count). The van der Waals surface area contributed by atoms with E-state index in [0.717, 1.165) is 116 Å². The van der Waals surface area contributed by atoms with E-state index in [1.807, 2.05) is 12.2 Å². The van der Waals surface area contributed by atoms with Crippen molar-refractivity contribution in [3.05, 3.63) is 146 Å². The monoisotopic (exact) mass is 951 g/mol. The highest BCUT2D eigenvalue weighted by Crippen LogP contribution is 2.12. The topological polar surface area (TPSA) is 78.9 Å². The lowest BCUT2D eigenvalue weighted by Crippen LogP contribution is -2.30. The molecular formula is C63H98O6. The Bertz CT molecular complexity index is 1560. The van der Waals surface area contributed by atoms with Crippen LogP contribution in [-0.4, -0.2) is 37.2 Å². The first-order valence-electron chi connectivity index (χ1n) is 27.3. The molecule has 0 fully saturated rings. The Labute approximate surface area is 423 Å². The minimum Gasteiger partial charge on any atom is -0.462 e. The number of carbonyl (C=O) groups is 3. The molecule has 0 bridgehead atoms. The van der Waals surface area contributed by atoms with Gasteiger partial charge in [0.1, 0.15) is 13.2 Å². The third-order valence-corrected chi connectivity index (χ3v) is 10.8. The minimum atomic E-state index is -0.837. The molecule has 0 saturated carbocycles. The number of esters is 3. The second kappa shape index (κ2) is 55.9. The van der Waals surface area contributed by atoms with Crippen LogP contribution in [0.4, 0.5) is 0 Å². The number of allylic oxidation sites excluding steroid dienone is 24. The maximum absolute atomic E-state index is 12.8. The highest BCUT2D eigenvalue weighted by Gasteiger charge is 2.19. The van der Waals surface area contributed by atoms with Gasteiger partial charge in [-0.2, -0.15) is 0 Å². The van der Waals surface area contributed by atoms with Gasteiger partial charge >= 0.3 is 17.9 Å². The summed E-state index contributed by atoms with van der Waals surface area (Å²) in [5.74, 6) is -1.07. The normalized spacial score (nSPS) is 13.3. The van der Waals surface area contributed by atoms with E-state index in [-0.39, 0.29) is 50.4 Å². The number of hydrogen-bond acceptors (Lipinski definition) is 6. The molecule has 0 N–H and O–H groups in total. The average Bonchev–Trinajstić information content (AvgIpc) is 3.35. The van der Waals surface area contributed by atoms with Crippen LogP contribution in [0.2, 0.25) is 0 Å². The fraction of sp³-hybridized carbons (Fsp3) is 0.571. The van der Waals surface area contributed by atoms with Crippen LogP contribution in [0, 0.1) is 0 Å². The molecule has 0 aliphatic carbocycles. The Morgan fingerprint density at radius 2 is 0.594 bits per heavy atom. The molecule has 0 heterocycles. The van der Waals surface area contributed by atoms with Crippen LogP contribution in [0.1, 0.15) is 213 Å². The Kier molecular flexibility index (Phi) is 52.1. The molecule has 386 valence electrons. The van der Waals surface area contributed by atoms with Gasteiger partial charge in [0, 0.05) is 19.3 Å². The Morgan fingerprint density at radius 1 is 0.304 bits per heavy atom. The summed E-state index contributed by atoms with van der Waals surface area (Å²) in [5.41, 5.74) is 0. The van der Waals surface area contributed by atoms with Crippen molar-refractivity contribution in [3.63, 3.8) is 0 Å². The summed E-state index contributed by atoms with van der Waals surface area (Å²) in [6, 6.07) is 0. The molecule has 0 spiro atoms. The van der Waals surface area contributed by atoms with Crippen molar-refractivity contribution in [1.82, 2.24) is 0 Å². The van der Waals surface area contributed by atoms with Crippen LogP contribution in [0.15, 0.2) is 146 Å². The lowest BCUT2D eigenvalue weighted by atomic mass is 10.1. The van der Waals surface area contributed by atoms with Crippen molar-refractivity contribution in [2.24, 2.45) is 0 Å². The van der Waals surface area contributed by atoms with Crippen LogP contribution in [0.5, 0.6) is 0 Å². The quantitative estimate of drug-likeness (QED) is 0.0262. The van der Waals surface area contributed by atoms with Gasteiger partial charge in [-0.15, -0.1) is 0 Å². The van der Waals surface area contributed by atoms with E-state index in [2.05, 4.69) is 154 Å². The van der Waals surface area contributed by atoms with Crippen molar-refractivity contribution in [3.8, 4) is 0 Å². The average molecular weight is 951 g/mol. The molecule has 0 aliphatic rings. The van der Waals surface area contributed by atoms with Crippen LogP contribution in [0.25, 0.3) is 0 Å². The van der Waals surface area contributed by atoms with Gasteiger partial charge in [-0.05, 0) is 128 Å². The summed E-state index contributed by atoms with van der Waals surface area (Å²) >= 11 is 0. The molecule has 6 heteroatoms. The van der Waals surface area contributed by atoms with Crippen LogP contribution < -0.4 is 0 Å². The van der Waals surface area contributed by atoms with E-state index in [4.69, 9.17) is 14.2 Å². The van der Waals surface area contributed by atoms with Gasteiger partial charge < -0.3 is 14.2 Å². The number of unbranched alkanes of at least 4 members (excludes halogenated alkanes) is 12. The predicted molar refractivity (Wildman–Crippen MR) is 297 cm³/mol. The van der Waals surface area contributed by atoms with Gasteiger partial charge in [-0.1, -0.05) is 212 Å². The molecule has 0 radical (unpaired) electrons. The third kappa shape index (κ3) is 54.1. The van der Waals surface area contributed by atoms with E-state index in [0.29, 0.717) is 12.8 Å². The molecule has 6 nitrogen and oxygen atoms in total. The first kappa shape index (κ1) is 64.3.